The molecule has 2 heterocycles. The van der Waals surface area contributed by atoms with Crippen LogP contribution in [0.15, 0.2) is 59.5 Å². The Labute approximate surface area is 176 Å². The molecule has 0 unspecified atom stereocenters. The summed E-state index contributed by atoms with van der Waals surface area (Å²) >= 11 is 0. The van der Waals surface area contributed by atoms with Crippen LogP contribution in [0.4, 0.5) is 5.69 Å². The van der Waals surface area contributed by atoms with Crippen molar-refractivity contribution in [1.29, 1.82) is 0 Å². The van der Waals surface area contributed by atoms with E-state index < -0.39 is 25.9 Å². The number of fused-ring (bicyclic) bond motifs is 1. The summed E-state index contributed by atoms with van der Waals surface area (Å²) in [5, 5.41) is 5.12. The van der Waals surface area contributed by atoms with Crippen molar-refractivity contribution in [2.45, 2.75) is 23.4 Å². The number of piperazine rings is 1. The number of sulfone groups is 1. The van der Waals surface area contributed by atoms with Gasteiger partial charge in [-0.2, -0.15) is 0 Å². The fourth-order valence-corrected chi connectivity index (χ4v) is 6.74. The molecule has 30 heavy (non-hydrogen) atoms. The maximum atomic E-state index is 12.9. The van der Waals surface area contributed by atoms with Gasteiger partial charge in [0.25, 0.3) is 0 Å². The fourth-order valence-electron chi connectivity index (χ4n) is 4.25. The highest BCUT2D eigenvalue weighted by Crippen LogP contribution is 2.31. The van der Waals surface area contributed by atoms with Gasteiger partial charge in [0, 0.05) is 18.3 Å². The maximum absolute atomic E-state index is 12.9. The van der Waals surface area contributed by atoms with Crippen LogP contribution in [0.5, 0.6) is 0 Å². The van der Waals surface area contributed by atoms with Crippen molar-refractivity contribution < 1.29 is 21.6 Å². The van der Waals surface area contributed by atoms with E-state index in [1.54, 1.807) is 17.0 Å². The molecule has 0 bridgehead atoms. The van der Waals surface area contributed by atoms with Gasteiger partial charge in [-0.25, -0.2) is 22.0 Å². The van der Waals surface area contributed by atoms with E-state index in [9.17, 15) is 21.6 Å². The highest BCUT2D eigenvalue weighted by atomic mass is 32.2. The van der Waals surface area contributed by atoms with Crippen molar-refractivity contribution in [2.75, 3.05) is 29.5 Å². The molecule has 0 aliphatic carbocycles. The Balaban J connectivity index is 1.53. The molecule has 0 aromatic heterocycles. The minimum Gasteiger partial charge on any atom is -0.306 e. The second-order valence-electron chi connectivity index (χ2n) is 7.72. The normalized spacial score (nSPS) is 24.0. The van der Waals surface area contributed by atoms with Crippen LogP contribution >= 0.6 is 0 Å². The van der Waals surface area contributed by atoms with Gasteiger partial charge in [0.2, 0.25) is 15.9 Å². The summed E-state index contributed by atoms with van der Waals surface area (Å²) in [4.78, 5) is 16.5. The second kappa shape index (κ2) is 7.77. The molecule has 4 rings (SSSR count). The number of para-hydroxylation sites is 1. The van der Waals surface area contributed by atoms with Crippen LogP contribution in [0.25, 0.3) is 0 Å². The Hall–Kier alpha value is -2.27. The van der Waals surface area contributed by atoms with E-state index in [1.165, 1.54) is 12.1 Å². The van der Waals surface area contributed by atoms with Gasteiger partial charge in [0.15, 0.2) is 9.84 Å². The Morgan fingerprint density at radius 2 is 1.60 bits per heavy atom. The van der Waals surface area contributed by atoms with Gasteiger partial charge in [-0.15, -0.1) is 0 Å². The van der Waals surface area contributed by atoms with Crippen molar-refractivity contribution in [1.82, 2.24) is 4.90 Å². The average Bonchev–Trinajstić information content (AvgIpc) is 3.01. The molecule has 8 nitrogen and oxygen atoms in total. The first-order chi connectivity index (χ1) is 14.1. The largest absolute Gasteiger partial charge is 0.306 e. The minimum atomic E-state index is -3.75. The van der Waals surface area contributed by atoms with E-state index >= 15 is 0 Å². The molecule has 0 saturated carbocycles. The van der Waals surface area contributed by atoms with Gasteiger partial charge < -0.3 is 4.90 Å². The first-order valence-corrected chi connectivity index (χ1v) is 12.9. The van der Waals surface area contributed by atoms with E-state index in [0.29, 0.717) is 18.7 Å². The number of nitrogens with two attached hydrogens (primary N) is 1. The molecular weight excluding hydrogens is 426 g/mol. The lowest BCUT2D eigenvalue weighted by Crippen LogP contribution is -2.62. The zero-order valence-corrected chi connectivity index (χ0v) is 17.8. The van der Waals surface area contributed by atoms with Crippen LogP contribution in [0.1, 0.15) is 5.56 Å². The number of sulfonamides is 1. The van der Waals surface area contributed by atoms with Crippen molar-refractivity contribution in [3.05, 3.63) is 60.2 Å². The van der Waals surface area contributed by atoms with Gasteiger partial charge >= 0.3 is 0 Å². The van der Waals surface area contributed by atoms with Crippen LogP contribution in [-0.4, -0.2) is 64.3 Å². The first kappa shape index (κ1) is 21.0. The molecule has 2 aromatic rings. The lowest BCUT2D eigenvalue weighted by atomic mass is 10.0. The number of anilines is 1. The third-order valence-electron chi connectivity index (χ3n) is 5.68. The number of hydrogen-bond donors (Lipinski definition) is 1. The molecule has 2 atom stereocenters. The first-order valence-electron chi connectivity index (χ1n) is 9.57. The van der Waals surface area contributed by atoms with Gasteiger partial charge in [0.05, 0.1) is 29.0 Å². The SMILES string of the molecule is NS(=O)(=O)c1ccc(CCN2CC(=O)N(c3ccccc3)[C@H]3CS(=O)(=O)C[C@H]32)cc1. The zero-order valence-electron chi connectivity index (χ0n) is 16.2. The Kier molecular flexibility index (Phi) is 5.43. The summed E-state index contributed by atoms with van der Waals surface area (Å²) in [6.45, 7) is 0.640. The molecule has 2 N–H and O–H groups in total. The van der Waals surface area contributed by atoms with Crippen molar-refractivity contribution in [3.8, 4) is 0 Å². The smallest absolute Gasteiger partial charge is 0.241 e. The lowest BCUT2D eigenvalue weighted by Gasteiger charge is -2.43. The van der Waals surface area contributed by atoms with E-state index in [1.807, 2.05) is 35.2 Å². The van der Waals surface area contributed by atoms with Crippen LogP contribution < -0.4 is 10.0 Å². The quantitative estimate of drug-likeness (QED) is 0.706. The number of hydrogen-bond acceptors (Lipinski definition) is 6. The molecule has 0 spiro atoms. The number of amides is 1. The van der Waals surface area contributed by atoms with Crippen LogP contribution in [0, 0.1) is 0 Å². The molecule has 1 amide bonds. The molecule has 0 radical (unpaired) electrons. The molecule has 2 aliphatic rings. The summed E-state index contributed by atoms with van der Waals surface area (Å²) in [5.41, 5.74) is 1.60. The Morgan fingerprint density at radius 1 is 0.967 bits per heavy atom. The third-order valence-corrected chi connectivity index (χ3v) is 8.30. The van der Waals surface area contributed by atoms with Gasteiger partial charge in [-0.3, -0.25) is 9.69 Å². The van der Waals surface area contributed by atoms with Crippen molar-refractivity contribution in [2.24, 2.45) is 5.14 Å². The predicted octanol–water partition coefficient (Wildman–Crippen LogP) is 0.391. The standard InChI is InChI=1S/C20H23N3O5S2/c21-30(27,28)17-8-6-15(7-9-17)10-11-22-12-20(24)23(16-4-2-1-3-5-16)19-14-29(25,26)13-18(19)22/h1-9,18-19H,10-14H2,(H2,21,27,28)/t18-,19+/m1/s1. The van der Waals surface area contributed by atoms with Crippen molar-refractivity contribution in [3.63, 3.8) is 0 Å². The molecule has 2 fully saturated rings. The summed E-state index contributed by atoms with van der Waals surface area (Å²) in [6.07, 6.45) is 0.562. The van der Waals surface area contributed by atoms with Crippen molar-refractivity contribution >= 4 is 31.5 Å². The second-order valence-corrected chi connectivity index (χ2v) is 11.4. The van der Waals surface area contributed by atoms with E-state index in [2.05, 4.69) is 0 Å². The third kappa shape index (κ3) is 4.27. The summed E-state index contributed by atoms with van der Waals surface area (Å²) in [6, 6.07) is 14.8. The summed E-state index contributed by atoms with van der Waals surface area (Å²) < 4.78 is 47.6. The topological polar surface area (TPSA) is 118 Å². The molecule has 2 saturated heterocycles. The minimum absolute atomic E-state index is 0.0264. The molecule has 160 valence electrons. The van der Waals surface area contributed by atoms with E-state index in [4.69, 9.17) is 5.14 Å². The van der Waals surface area contributed by atoms with Gasteiger partial charge in [-0.05, 0) is 36.2 Å². The molecule has 2 aliphatic heterocycles. The lowest BCUT2D eigenvalue weighted by molar-refractivity contribution is -0.123. The Bertz CT molecular complexity index is 1150. The molecule has 2 aromatic carbocycles. The van der Waals surface area contributed by atoms with Crippen LogP contribution in [0.3, 0.4) is 0 Å². The number of carbonyl (C=O) groups excluding carboxylic acids is 1. The predicted molar refractivity (Wildman–Crippen MR) is 113 cm³/mol. The van der Waals surface area contributed by atoms with E-state index in [0.717, 1.165) is 5.56 Å². The summed E-state index contributed by atoms with van der Waals surface area (Å²) in [5.74, 6) is -0.139. The number of benzene rings is 2. The van der Waals surface area contributed by atoms with Crippen LogP contribution in [0.2, 0.25) is 0 Å². The highest BCUT2D eigenvalue weighted by Gasteiger charge is 2.49. The molecular formula is C20H23N3O5S2. The number of primary sulfonamides is 1. The number of nitrogens with zero attached hydrogens (tertiary/aromatic N) is 2. The monoisotopic (exact) mass is 449 g/mol. The zero-order chi connectivity index (χ0) is 21.5. The highest BCUT2D eigenvalue weighted by molar-refractivity contribution is 7.91. The van der Waals surface area contributed by atoms with Crippen LogP contribution in [-0.2, 0) is 31.1 Å². The fraction of sp³-hybridized carbons (Fsp3) is 0.350. The van der Waals surface area contributed by atoms with Gasteiger partial charge in [0.1, 0.15) is 0 Å². The number of rotatable bonds is 5. The average molecular weight is 450 g/mol. The Morgan fingerprint density at radius 3 is 2.23 bits per heavy atom. The van der Waals surface area contributed by atoms with E-state index in [-0.39, 0.29) is 34.9 Å². The summed E-state index contributed by atoms with van der Waals surface area (Å²) in [7, 11) is -6.99. The van der Waals surface area contributed by atoms with Gasteiger partial charge in [-0.1, -0.05) is 30.3 Å². The molecule has 10 heteroatoms. The maximum Gasteiger partial charge on any atom is 0.241 e. The number of carbonyl (C=O) groups is 1.